The molecule has 0 aromatic heterocycles. The SMILES string of the molecule is CC(=O)COCC(=O)Nc1ccc(CC(=O)N2CCC2=O)cc1. The molecular formula is C16H18N2O5. The summed E-state index contributed by atoms with van der Waals surface area (Å²) in [4.78, 5) is 46.5. The Bertz CT molecular complexity index is 624. The molecule has 1 fully saturated rings. The number of likely N-dealkylation sites (tertiary alicyclic amines) is 1. The average molecular weight is 318 g/mol. The lowest BCUT2D eigenvalue weighted by atomic mass is 10.1. The number of imide groups is 1. The maximum absolute atomic E-state index is 11.8. The van der Waals surface area contributed by atoms with Crippen molar-refractivity contribution in [3.05, 3.63) is 29.8 Å². The number of hydrogen-bond acceptors (Lipinski definition) is 5. The Kier molecular flexibility index (Phi) is 5.59. The molecule has 1 aliphatic rings. The van der Waals surface area contributed by atoms with Gasteiger partial charge in [-0.15, -0.1) is 0 Å². The summed E-state index contributed by atoms with van der Waals surface area (Å²) in [7, 11) is 0. The molecule has 2 rings (SSSR count). The third kappa shape index (κ3) is 5.00. The number of ketones is 1. The molecule has 0 saturated carbocycles. The smallest absolute Gasteiger partial charge is 0.250 e. The van der Waals surface area contributed by atoms with Crippen molar-refractivity contribution >= 4 is 29.2 Å². The van der Waals surface area contributed by atoms with Crippen LogP contribution in [0.25, 0.3) is 0 Å². The van der Waals surface area contributed by atoms with Gasteiger partial charge in [-0.25, -0.2) is 0 Å². The monoisotopic (exact) mass is 318 g/mol. The van der Waals surface area contributed by atoms with E-state index in [2.05, 4.69) is 5.32 Å². The van der Waals surface area contributed by atoms with E-state index in [0.717, 1.165) is 5.56 Å². The molecule has 1 N–H and O–H groups in total. The second-order valence-corrected chi connectivity index (χ2v) is 5.31. The molecule has 0 atom stereocenters. The van der Waals surface area contributed by atoms with Crippen LogP contribution in [0.1, 0.15) is 18.9 Å². The summed E-state index contributed by atoms with van der Waals surface area (Å²) in [5.74, 6) is -0.853. The van der Waals surface area contributed by atoms with Crippen molar-refractivity contribution in [2.75, 3.05) is 25.1 Å². The lowest BCUT2D eigenvalue weighted by Crippen LogP contribution is -2.48. The molecule has 122 valence electrons. The predicted octanol–water partition coefficient (Wildman–Crippen LogP) is 0.532. The van der Waals surface area contributed by atoms with Gasteiger partial charge in [0, 0.05) is 18.7 Å². The van der Waals surface area contributed by atoms with Crippen LogP contribution in [0.3, 0.4) is 0 Å². The second-order valence-electron chi connectivity index (χ2n) is 5.31. The number of amides is 3. The molecule has 7 nitrogen and oxygen atoms in total. The quantitative estimate of drug-likeness (QED) is 0.740. The van der Waals surface area contributed by atoms with Crippen LogP contribution >= 0.6 is 0 Å². The van der Waals surface area contributed by atoms with Crippen LogP contribution in [0, 0.1) is 0 Å². The van der Waals surface area contributed by atoms with Gasteiger partial charge in [0.25, 0.3) is 0 Å². The highest BCUT2D eigenvalue weighted by atomic mass is 16.5. The number of Topliss-reactive ketones (excluding diaryl/α,β-unsaturated/α-hetero) is 1. The van der Waals surface area contributed by atoms with Crippen LogP contribution in [-0.2, 0) is 30.3 Å². The lowest BCUT2D eigenvalue weighted by Gasteiger charge is -2.28. The van der Waals surface area contributed by atoms with E-state index in [1.807, 2.05) is 0 Å². The summed E-state index contributed by atoms with van der Waals surface area (Å²) in [5, 5.41) is 2.62. The summed E-state index contributed by atoms with van der Waals surface area (Å²) >= 11 is 0. The van der Waals surface area contributed by atoms with Crippen molar-refractivity contribution in [2.24, 2.45) is 0 Å². The number of rotatable bonds is 7. The molecular weight excluding hydrogens is 300 g/mol. The highest BCUT2D eigenvalue weighted by molar-refractivity contribution is 6.00. The highest BCUT2D eigenvalue weighted by Crippen LogP contribution is 2.14. The van der Waals surface area contributed by atoms with Gasteiger partial charge in [-0.3, -0.25) is 24.1 Å². The first-order valence-corrected chi connectivity index (χ1v) is 7.25. The number of benzene rings is 1. The maximum atomic E-state index is 11.8. The normalized spacial score (nSPS) is 13.4. The number of nitrogens with one attached hydrogen (secondary N) is 1. The summed E-state index contributed by atoms with van der Waals surface area (Å²) in [5.41, 5.74) is 1.33. The van der Waals surface area contributed by atoms with Crippen LogP contribution in [0.15, 0.2) is 24.3 Å². The maximum Gasteiger partial charge on any atom is 0.250 e. The van der Waals surface area contributed by atoms with E-state index in [4.69, 9.17) is 4.74 Å². The molecule has 7 heteroatoms. The van der Waals surface area contributed by atoms with Gasteiger partial charge in [0.15, 0.2) is 5.78 Å². The summed E-state index contributed by atoms with van der Waals surface area (Å²) in [6.07, 6.45) is 0.587. The minimum Gasteiger partial charge on any atom is -0.364 e. The molecule has 1 saturated heterocycles. The van der Waals surface area contributed by atoms with E-state index >= 15 is 0 Å². The van der Waals surface area contributed by atoms with Crippen molar-refractivity contribution in [3.8, 4) is 0 Å². The van der Waals surface area contributed by atoms with E-state index in [1.54, 1.807) is 24.3 Å². The Hall–Kier alpha value is -2.54. The first-order chi connectivity index (χ1) is 11.0. The molecule has 0 aliphatic carbocycles. The van der Waals surface area contributed by atoms with Crippen LogP contribution in [0.2, 0.25) is 0 Å². The number of carbonyl (C=O) groups is 4. The largest absolute Gasteiger partial charge is 0.364 e. The predicted molar refractivity (Wildman–Crippen MR) is 81.6 cm³/mol. The summed E-state index contributed by atoms with van der Waals surface area (Å²) in [6, 6.07) is 6.77. The number of nitrogens with zero attached hydrogens (tertiary/aromatic N) is 1. The number of anilines is 1. The van der Waals surface area contributed by atoms with Gasteiger partial charge in [-0.05, 0) is 24.6 Å². The minimum atomic E-state index is -0.360. The van der Waals surface area contributed by atoms with Crippen molar-refractivity contribution in [1.29, 1.82) is 0 Å². The van der Waals surface area contributed by atoms with Gasteiger partial charge >= 0.3 is 0 Å². The number of ether oxygens (including phenoxy) is 1. The molecule has 0 radical (unpaired) electrons. The third-order valence-electron chi connectivity index (χ3n) is 3.28. The molecule has 1 heterocycles. The van der Waals surface area contributed by atoms with Gasteiger partial charge in [0.1, 0.15) is 13.2 Å². The van der Waals surface area contributed by atoms with Crippen molar-refractivity contribution in [1.82, 2.24) is 4.90 Å². The Morgan fingerprint density at radius 3 is 2.39 bits per heavy atom. The van der Waals surface area contributed by atoms with Crippen LogP contribution < -0.4 is 5.32 Å². The van der Waals surface area contributed by atoms with E-state index in [0.29, 0.717) is 18.7 Å². The molecule has 23 heavy (non-hydrogen) atoms. The second kappa shape index (κ2) is 7.64. The zero-order valence-corrected chi connectivity index (χ0v) is 12.8. The molecule has 3 amide bonds. The fourth-order valence-corrected chi connectivity index (χ4v) is 2.04. The first kappa shape index (κ1) is 16.8. The van der Waals surface area contributed by atoms with Gasteiger partial charge < -0.3 is 10.1 Å². The standard InChI is InChI=1S/C16H18N2O5/c1-11(19)9-23-10-14(20)17-13-4-2-12(3-5-13)8-16(22)18-7-6-15(18)21/h2-5H,6-10H2,1H3,(H,17,20). The fraction of sp³-hybridized carbons (Fsp3) is 0.375. The molecule has 0 spiro atoms. The average Bonchev–Trinajstić information content (AvgIpc) is 2.47. The Morgan fingerprint density at radius 1 is 1.17 bits per heavy atom. The van der Waals surface area contributed by atoms with E-state index in [1.165, 1.54) is 11.8 Å². The minimum absolute atomic E-state index is 0.0936. The molecule has 0 bridgehead atoms. The molecule has 1 aromatic carbocycles. The third-order valence-corrected chi connectivity index (χ3v) is 3.28. The van der Waals surface area contributed by atoms with Gasteiger partial charge in [-0.1, -0.05) is 12.1 Å². The molecule has 0 unspecified atom stereocenters. The number of carbonyl (C=O) groups excluding carboxylic acids is 4. The zero-order valence-electron chi connectivity index (χ0n) is 12.8. The number of β-lactam (4-membered cyclic amide) rings is 1. The van der Waals surface area contributed by atoms with Crippen LogP contribution in [0.5, 0.6) is 0 Å². The summed E-state index contributed by atoms with van der Waals surface area (Å²) in [6.45, 7) is 1.58. The first-order valence-electron chi connectivity index (χ1n) is 7.25. The summed E-state index contributed by atoms with van der Waals surface area (Å²) < 4.78 is 4.92. The molecule has 1 aliphatic heterocycles. The van der Waals surface area contributed by atoms with Crippen LogP contribution in [0.4, 0.5) is 5.69 Å². The van der Waals surface area contributed by atoms with E-state index in [-0.39, 0.29) is 43.1 Å². The van der Waals surface area contributed by atoms with Crippen molar-refractivity contribution in [3.63, 3.8) is 0 Å². The Morgan fingerprint density at radius 2 is 1.87 bits per heavy atom. The van der Waals surface area contributed by atoms with Gasteiger partial charge in [0.05, 0.1) is 6.42 Å². The van der Waals surface area contributed by atoms with Gasteiger partial charge in [0.2, 0.25) is 17.7 Å². The molecule has 1 aromatic rings. The van der Waals surface area contributed by atoms with Crippen LogP contribution in [-0.4, -0.2) is 48.2 Å². The number of hydrogen-bond donors (Lipinski definition) is 1. The van der Waals surface area contributed by atoms with Gasteiger partial charge in [-0.2, -0.15) is 0 Å². The Balaban J connectivity index is 1.79. The highest BCUT2D eigenvalue weighted by Gasteiger charge is 2.29. The fourth-order valence-electron chi connectivity index (χ4n) is 2.04. The topological polar surface area (TPSA) is 92.8 Å². The van der Waals surface area contributed by atoms with E-state index < -0.39 is 0 Å². The lowest BCUT2D eigenvalue weighted by molar-refractivity contribution is -0.151. The zero-order chi connectivity index (χ0) is 16.8. The Labute approximate surface area is 133 Å². The van der Waals surface area contributed by atoms with Crippen molar-refractivity contribution in [2.45, 2.75) is 19.8 Å². The van der Waals surface area contributed by atoms with Crippen molar-refractivity contribution < 1.29 is 23.9 Å². The van der Waals surface area contributed by atoms with E-state index in [9.17, 15) is 19.2 Å².